The molecule has 3 heterocycles. The summed E-state index contributed by atoms with van der Waals surface area (Å²) in [5.74, 6) is -1.67. The first-order chi connectivity index (χ1) is 16.7. The van der Waals surface area contributed by atoms with E-state index in [2.05, 4.69) is 0 Å². The highest BCUT2D eigenvalue weighted by atomic mass is 16.6. The van der Waals surface area contributed by atoms with E-state index in [1.54, 1.807) is 0 Å². The molecule has 34 heavy (non-hydrogen) atoms. The first-order valence-electron chi connectivity index (χ1n) is 11.6. The molecule has 0 saturated carbocycles. The predicted octanol–water partition coefficient (Wildman–Crippen LogP) is 4.30. The Labute approximate surface area is 198 Å². The number of likely N-dealkylation sites (tertiary alicyclic amines) is 1. The molecule has 4 atom stereocenters. The molecular weight excluding hydrogens is 426 g/mol. The third-order valence-electron chi connectivity index (χ3n) is 7.17. The Bertz CT molecular complexity index is 1190. The Morgan fingerprint density at radius 2 is 1.53 bits per heavy atom. The van der Waals surface area contributed by atoms with Crippen LogP contribution in [0.25, 0.3) is 0 Å². The lowest BCUT2D eigenvalue weighted by molar-refractivity contribution is -0.155. The van der Waals surface area contributed by atoms with Crippen LogP contribution in [0.4, 0.5) is 0 Å². The molecule has 0 N–H and O–H groups in total. The van der Waals surface area contributed by atoms with Crippen molar-refractivity contribution in [2.45, 2.75) is 24.4 Å². The summed E-state index contributed by atoms with van der Waals surface area (Å²) in [7, 11) is 0. The number of nitrogens with zero attached hydrogens (tertiary/aromatic N) is 1. The molecule has 0 aromatic heterocycles. The van der Waals surface area contributed by atoms with Crippen LogP contribution in [0, 0.1) is 11.8 Å². The molecule has 3 aliphatic rings. The van der Waals surface area contributed by atoms with Crippen LogP contribution in [0.15, 0.2) is 103 Å². The molecular formula is C29H25NO4. The van der Waals surface area contributed by atoms with Crippen LogP contribution in [0.5, 0.6) is 0 Å². The Balaban J connectivity index is 1.31. The molecule has 2 saturated heterocycles. The highest BCUT2D eigenvalue weighted by Crippen LogP contribution is 2.54. The van der Waals surface area contributed by atoms with E-state index < -0.39 is 23.5 Å². The highest BCUT2D eigenvalue weighted by Gasteiger charge is 2.68. The van der Waals surface area contributed by atoms with Crippen LogP contribution in [0.1, 0.15) is 22.7 Å². The predicted molar refractivity (Wildman–Crippen MR) is 126 cm³/mol. The van der Waals surface area contributed by atoms with Gasteiger partial charge in [-0.1, -0.05) is 103 Å². The third-order valence-corrected chi connectivity index (χ3v) is 7.17. The first kappa shape index (κ1) is 20.9. The minimum atomic E-state index is -0.792. The molecule has 0 aliphatic carbocycles. The van der Waals surface area contributed by atoms with Crippen LogP contribution >= 0.6 is 0 Å². The van der Waals surface area contributed by atoms with Crippen LogP contribution in [-0.2, 0) is 25.7 Å². The molecule has 2 fully saturated rings. The van der Waals surface area contributed by atoms with Crippen molar-refractivity contribution in [2.24, 2.45) is 11.8 Å². The van der Waals surface area contributed by atoms with E-state index in [1.807, 2.05) is 108 Å². The zero-order chi connectivity index (χ0) is 23.1. The summed E-state index contributed by atoms with van der Waals surface area (Å²) in [5.41, 5.74) is 2.18. The van der Waals surface area contributed by atoms with Crippen molar-refractivity contribution < 1.29 is 19.1 Å². The lowest BCUT2D eigenvalue weighted by Gasteiger charge is -2.31. The van der Waals surface area contributed by atoms with E-state index in [0.29, 0.717) is 6.54 Å². The van der Waals surface area contributed by atoms with E-state index in [0.717, 1.165) is 16.7 Å². The van der Waals surface area contributed by atoms with E-state index in [9.17, 15) is 9.59 Å². The quantitative estimate of drug-likeness (QED) is 0.414. The second-order valence-corrected chi connectivity index (χ2v) is 9.18. The average molecular weight is 452 g/mol. The van der Waals surface area contributed by atoms with Gasteiger partial charge in [-0.05, 0) is 16.7 Å². The maximum atomic E-state index is 14.0. The summed E-state index contributed by atoms with van der Waals surface area (Å²) in [6, 6.07) is 29.3. The van der Waals surface area contributed by atoms with Gasteiger partial charge in [-0.2, -0.15) is 0 Å². The fraction of sp³-hybridized carbons (Fsp3) is 0.241. The number of hydrogen-bond acceptors (Lipinski definition) is 4. The molecule has 3 aromatic carbocycles. The smallest absolute Gasteiger partial charge is 0.313 e. The second kappa shape index (κ2) is 8.26. The Hall–Kier alpha value is -3.70. The van der Waals surface area contributed by atoms with Gasteiger partial charge in [0.2, 0.25) is 5.91 Å². The highest BCUT2D eigenvalue weighted by molar-refractivity contribution is 5.91. The van der Waals surface area contributed by atoms with Gasteiger partial charge in [-0.25, -0.2) is 0 Å². The summed E-state index contributed by atoms with van der Waals surface area (Å²) in [4.78, 5) is 29.0. The summed E-state index contributed by atoms with van der Waals surface area (Å²) in [5, 5.41) is 0. The van der Waals surface area contributed by atoms with E-state index in [-0.39, 0.29) is 24.5 Å². The summed E-state index contributed by atoms with van der Waals surface area (Å²) in [6.07, 6.45) is 3.47. The van der Waals surface area contributed by atoms with Crippen LogP contribution < -0.4 is 0 Å². The van der Waals surface area contributed by atoms with Gasteiger partial charge < -0.3 is 14.4 Å². The summed E-state index contributed by atoms with van der Waals surface area (Å²) in [6.45, 7) is 0.585. The molecule has 1 spiro atoms. The Morgan fingerprint density at radius 3 is 2.15 bits per heavy atom. The third kappa shape index (κ3) is 3.35. The molecule has 5 heteroatoms. The number of carbonyl (C=O) groups is 2. The number of carbonyl (C=O) groups excluding carboxylic acids is 2. The van der Waals surface area contributed by atoms with E-state index in [1.165, 1.54) is 0 Å². The van der Waals surface area contributed by atoms with Crippen molar-refractivity contribution in [1.29, 1.82) is 0 Å². The van der Waals surface area contributed by atoms with Crippen LogP contribution in [-0.4, -0.2) is 35.0 Å². The number of hydrogen-bond donors (Lipinski definition) is 0. The van der Waals surface area contributed by atoms with Crippen molar-refractivity contribution in [2.75, 3.05) is 6.54 Å². The van der Waals surface area contributed by atoms with Crippen molar-refractivity contribution in [3.8, 4) is 0 Å². The second-order valence-electron chi connectivity index (χ2n) is 9.18. The average Bonchev–Trinajstić information content (AvgIpc) is 3.53. The van der Waals surface area contributed by atoms with Gasteiger partial charge in [0.15, 0.2) is 0 Å². The minimum absolute atomic E-state index is 0.0637. The normalized spacial score (nSPS) is 26.8. The van der Waals surface area contributed by atoms with Crippen molar-refractivity contribution in [1.82, 2.24) is 4.90 Å². The summed E-state index contributed by atoms with van der Waals surface area (Å²) >= 11 is 0. The lowest BCUT2D eigenvalue weighted by atomic mass is 9.77. The van der Waals surface area contributed by atoms with Crippen molar-refractivity contribution >= 4 is 11.9 Å². The molecule has 0 radical (unpaired) electrons. The molecule has 5 nitrogen and oxygen atoms in total. The van der Waals surface area contributed by atoms with E-state index >= 15 is 0 Å². The SMILES string of the molecule is O=C(OCc1ccccc1)C1[C@H]2C(=O)N(C(c3ccccc3)c3ccccc3)C[C@]23C=C[C@H]1O3. The molecule has 1 amide bonds. The van der Waals surface area contributed by atoms with Gasteiger partial charge in [0.25, 0.3) is 0 Å². The van der Waals surface area contributed by atoms with Gasteiger partial charge in [0.1, 0.15) is 18.1 Å². The lowest BCUT2D eigenvalue weighted by Crippen LogP contribution is -2.40. The monoisotopic (exact) mass is 451 g/mol. The minimum Gasteiger partial charge on any atom is -0.460 e. The maximum absolute atomic E-state index is 14.0. The Morgan fingerprint density at radius 1 is 0.941 bits per heavy atom. The standard InChI is InChI=1S/C29H25NO4/c31-27-25-24(28(32)33-18-20-10-4-1-5-11-20)23-16-17-29(25,34-23)19-30(27)26(21-12-6-2-7-13-21)22-14-8-3-9-15-22/h1-17,23-26H,18-19H2/t23-,24?,25+,29-/m1/s1. The van der Waals surface area contributed by atoms with Gasteiger partial charge in [0, 0.05) is 0 Å². The van der Waals surface area contributed by atoms with Crippen molar-refractivity contribution in [3.05, 3.63) is 120 Å². The maximum Gasteiger partial charge on any atom is 0.313 e. The molecule has 3 aromatic rings. The number of fused-ring (bicyclic) bond motifs is 1. The Kier molecular flexibility index (Phi) is 5.07. The molecule has 3 aliphatic heterocycles. The molecule has 2 bridgehead atoms. The van der Waals surface area contributed by atoms with Crippen LogP contribution in [0.3, 0.4) is 0 Å². The van der Waals surface area contributed by atoms with Gasteiger partial charge in [-0.15, -0.1) is 0 Å². The van der Waals surface area contributed by atoms with Gasteiger partial charge in [0.05, 0.1) is 24.6 Å². The largest absolute Gasteiger partial charge is 0.460 e. The zero-order valence-electron chi connectivity index (χ0n) is 18.6. The van der Waals surface area contributed by atoms with Crippen LogP contribution in [0.2, 0.25) is 0 Å². The fourth-order valence-electron chi connectivity index (χ4n) is 5.66. The van der Waals surface area contributed by atoms with Crippen molar-refractivity contribution in [3.63, 3.8) is 0 Å². The molecule has 1 unspecified atom stereocenters. The van der Waals surface area contributed by atoms with Gasteiger partial charge in [-0.3, -0.25) is 9.59 Å². The summed E-state index contributed by atoms with van der Waals surface area (Å²) < 4.78 is 12.0. The fourth-order valence-corrected chi connectivity index (χ4v) is 5.66. The molecule has 6 rings (SSSR count). The number of rotatable bonds is 6. The first-order valence-corrected chi connectivity index (χ1v) is 11.6. The number of ether oxygens (including phenoxy) is 2. The molecule has 170 valence electrons. The number of esters is 1. The zero-order valence-corrected chi connectivity index (χ0v) is 18.6. The van der Waals surface area contributed by atoms with E-state index in [4.69, 9.17) is 9.47 Å². The number of amides is 1. The van der Waals surface area contributed by atoms with Gasteiger partial charge >= 0.3 is 5.97 Å². The topological polar surface area (TPSA) is 55.8 Å². The number of benzene rings is 3.